The Balaban J connectivity index is 2.87. The lowest BCUT2D eigenvalue weighted by Crippen LogP contribution is -2.46. The molecular formula is C16H22N2O7. The molecule has 0 aliphatic heterocycles. The van der Waals surface area contributed by atoms with Crippen LogP contribution < -0.4 is 15.8 Å². The van der Waals surface area contributed by atoms with E-state index in [-0.39, 0.29) is 17.0 Å². The number of carbonyl (C=O) groups excluding carboxylic acids is 2. The van der Waals surface area contributed by atoms with Gasteiger partial charge in [0.2, 0.25) is 0 Å². The summed E-state index contributed by atoms with van der Waals surface area (Å²) in [5.74, 6) is -2.04. The van der Waals surface area contributed by atoms with Crippen LogP contribution in [0.5, 0.6) is 5.75 Å². The molecule has 25 heavy (non-hydrogen) atoms. The van der Waals surface area contributed by atoms with Crippen LogP contribution in [0.3, 0.4) is 0 Å². The van der Waals surface area contributed by atoms with Crippen molar-refractivity contribution in [3.63, 3.8) is 0 Å². The molecule has 1 atom stereocenters. The lowest BCUT2D eigenvalue weighted by atomic mass is 10.1. The number of anilines is 1. The second kappa shape index (κ2) is 8.22. The van der Waals surface area contributed by atoms with Crippen LogP contribution in [-0.4, -0.2) is 48.5 Å². The highest BCUT2D eigenvalue weighted by Crippen LogP contribution is 2.27. The lowest BCUT2D eigenvalue weighted by Gasteiger charge is -2.22. The normalized spacial score (nSPS) is 12.0. The van der Waals surface area contributed by atoms with Crippen LogP contribution in [-0.2, 0) is 14.3 Å². The van der Waals surface area contributed by atoms with Gasteiger partial charge >= 0.3 is 18.0 Å². The van der Waals surface area contributed by atoms with Crippen LogP contribution >= 0.6 is 0 Å². The number of aliphatic carboxylic acids is 1. The molecule has 0 aliphatic rings. The van der Waals surface area contributed by atoms with Gasteiger partial charge in [0, 0.05) is 0 Å². The first-order valence-electron chi connectivity index (χ1n) is 7.37. The van der Waals surface area contributed by atoms with Crippen molar-refractivity contribution in [1.29, 1.82) is 0 Å². The fourth-order valence-corrected chi connectivity index (χ4v) is 1.78. The number of esters is 1. The van der Waals surface area contributed by atoms with Crippen molar-refractivity contribution in [2.75, 3.05) is 19.5 Å². The fourth-order valence-electron chi connectivity index (χ4n) is 1.78. The molecular weight excluding hydrogens is 332 g/mol. The topological polar surface area (TPSA) is 137 Å². The number of carbonyl (C=O) groups is 3. The van der Waals surface area contributed by atoms with Crippen molar-refractivity contribution in [3.05, 3.63) is 23.8 Å². The molecule has 1 aromatic carbocycles. The number of carboxylic acids is 1. The van der Waals surface area contributed by atoms with Gasteiger partial charge in [0.25, 0.3) is 0 Å². The van der Waals surface area contributed by atoms with Gasteiger partial charge in [-0.25, -0.2) is 14.4 Å². The quantitative estimate of drug-likeness (QED) is 0.515. The number of nitrogens with two attached hydrogens (primary N) is 1. The zero-order chi connectivity index (χ0) is 19.2. The Kier molecular flexibility index (Phi) is 6.60. The van der Waals surface area contributed by atoms with Crippen molar-refractivity contribution in [2.24, 2.45) is 0 Å². The number of rotatable bonds is 6. The third-order valence-corrected chi connectivity index (χ3v) is 2.83. The lowest BCUT2D eigenvalue weighted by molar-refractivity contribution is -0.140. The maximum Gasteiger partial charge on any atom is 0.408 e. The molecule has 0 fully saturated rings. The van der Waals surface area contributed by atoms with E-state index in [2.05, 4.69) is 10.1 Å². The summed E-state index contributed by atoms with van der Waals surface area (Å²) in [6, 6.07) is 3.04. The summed E-state index contributed by atoms with van der Waals surface area (Å²) in [6.45, 7) is 4.47. The molecule has 1 rings (SSSR count). The predicted molar refractivity (Wildman–Crippen MR) is 88.5 cm³/mol. The Hall–Kier alpha value is -2.97. The summed E-state index contributed by atoms with van der Waals surface area (Å²) in [5, 5.41) is 11.4. The highest BCUT2D eigenvalue weighted by molar-refractivity contribution is 5.94. The molecule has 0 unspecified atom stereocenters. The van der Waals surface area contributed by atoms with Crippen molar-refractivity contribution in [3.8, 4) is 5.75 Å². The average Bonchev–Trinajstić information content (AvgIpc) is 2.49. The number of benzene rings is 1. The Bertz CT molecular complexity index is 652. The first-order valence-corrected chi connectivity index (χ1v) is 7.37. The highest BCUT2D eigenvalue weighted by atomic mass is 16.6. The Labute approximate surface area is 145 Å². The van der Waals surface area contributed by atoms with Gasteiger partial charge in [0.15, 0.2) is 11.8 Å². The van der Waals surface area contributed by atoms with Gasteiger partial charge in [-0.1, -0.05) is 6.07 Å². The molecule has 1 aromatic rings. The molecule has 9 nitrogen and oxygen atoms in total. The van der Waals surface area contributed by atoms with Crippen molar-refractivity contribution in [2.45, 2.75) is 32.4 Å². The number of carboxylic acid groups (broad SMARTS) is 1. The largest absolute Gasteiger partial charge is 0.488 e. The van der Waals surface area contributed by atoms with Crippen molar-refractivity contribution < 1.29 is 33.7 Å². The molecule has 0 heterocycles. The van der Waals surface area contributed by atoms with Crippen LogP contribution in [0.2, 0.25) is 0 Å². The summed E-state index contributed by atoms with van der Waals surface area (Å²) in [6.07, 6.45) is -0.905. The maximum absolute atomic E-state index is 11.7. The van der Waals surface area contributed by atoms with Crippen LogP contribution in [0.4, 0.5) is 10.5 Å². The molecule has 9 heteroatoms. The summed E-state index contributed by atoms with van der Waals surface area (Å²) >= 11 is 0. The first kappa shape index (κ1) is 20.1. The fraction of sp³-hybridized carbons (Fsp3) is 0.438. The van der Waals surface area contributed by atoms with E-state index in [1.165, 1.54) is 25.3 Å². The van der Waals surface area contributed by atoms with Crippen LogP contribution in [0.25, 0.3) is 0 Å². The van der Waals surface area contributed by atoms with E-state index >= 15 is 0 Å². The molecule has 0 bridgehead atoms. The highest BCUT2D eigenvalue weighted by Gasteiger charge is 2.26. The second-order valence-corrected chi connectivity index (χ2v) is 6.06. The minimum absolute atomic E-state index is 0.0217. The number of para-hydroxylation sites is 1. The Morgan fingerprint density at radius 3 is 2.44 bits per heavy atom. The van der Waals surface area contributed by atoms with Crippen molar-refractivity contribution in [1.82, 2.24) is 5.32 Å². The smallest absolute Gasteiger partial charge is 0.408 e. The number of hydrogen-bond acceptors (Lipinski definition) is 7. The number of nitrogens with one attached hydrogen (secondary N) is 1. The SMILES string of the molecule is COC(=O)c1cccc(N)c1OC[C@H](NC(=O)OC(C)(C)C)C(=O)O. The molecule has 138 valence electrons. The van der Waals surface area contributed by atoms with E-state index in [1.54, 1.807) is 20.8 Å². The van der Waals surface area contributed by atoms with Gasteiger partial charge in [-0.3, -0.25) is 0 Å². The van der Waals surface area contributed by atoms with Crippen LogP contribution in [0, 0.1) is 0 Å². The number of ether oxygens (including phenoxy) is 3. The van der Waals surface area contributed by atoms with Gasteiger partial charge in [0.1, 0.15) is 17.8 Å². The number of alkyl carbamates (subject to hydrolysis) is 1. The number of amides is 1. The summed E-state index contributed by atoms with van der Waals surface area (Å²) in [5.41, 5.74) is 5.16. The van der Waals surface area contributed by atoms with Gasteiger partial charge in [-0.2, -0.15) is 0 Å². The third kappa shape index (κ3) is 6.21. The molecule has 0 aromatic heterocycles. The van der Waals surface area contributed by atoms with E-state index in [9.17, 15) is 19.5 Å². The van der Waals surface area contributed by atoms with E-state index in [1.807, 2.05) is 0 Å². The first-order chi connectivity index (χ1) is 11.5. The minimum atomic E-state index is -1.40. The molecule has 0 radical (unpaired) electrons. The van der Waals surface area contributed by atoms with Gasteiger partial charge in [0.05, 0.1) is 12.8 Å². The molecule has 0 spiro atoms. The zero-order valence-electron chi connectivity index (χ0n) is 14.5. The van der Waals surface area contributed by atoms with E-state index in [4.69, 9.17) is 15.2 Å². The zero-order valence-corrected chi connectivity index (χ0v) is 14.5. The molecule has 1 amide bonds. The monoisotopic (exact) mass is 354 g/mol. The summed E-state index contributed by atoms with van der Waals surface area (Å²) in [7, 11) is 1.19. The molecule has 4 N–H and O–H groups in total. The van der Waals surface area contributed by atoms with E-state index in [0.29, 0.717) is 0 Å². The predicted octanol–water partition coefficient (Wildman–Crippen LogP) is 1.41. The number of methoxy groups -OCH3 is 1. The van der Waals surface area contributed by atoms with Crippen LogP contribution in [0.1, 0.15) is 31.1 Å². The molecule has 0 saturated carbocycles. The average molecular weight is 354 g/mol. The number of nitrogen functional groups attached to an aromatic ring is 1. The third-order valence-electron chi connectivity index (χ3n) is 2.83. The van der Waals surface area contributed by atoms with E-state index in [0.717, 1.165) is 0 Å². The van der Waals surface area contributed by atoms with E-state index < -0.39 is 36.3 Å². The van der Waals surface area contributed by atoms with Crippen molar-refractivity contribution >= 4 is 23.7 Å². The minimum Gasteiger partial charge on any atom is -0.488 e. The Morgan fingerprint density at radius 1 is 1.28 bits per heavy atom. The summed E-state index contributed by atoms with van der Waals surface area (Å²) < 4.78 is 15.0. The second-order valence-electron chi connectivity index (χ2n) is 6.06. The molecule has 0 saturated heterocycles. The maximum atomic E-state index is 11.7. The van der Waals surface area contributed by atoms with Crippen LogP contribution in [0.15, 0.2) is 18.2 Å². The van der Waals surface area contributed by atoms with Gasteiger partial charge in [-0.05, 0) is 32.9 Å². The van der Waals surface area contributed by atoms with Gasteiger partial charge < -0.3 is 30.4 Å². The standard InChI is InChI=1S/C16H22N2O7/c1-16(2,3)25-15(22)18-11(13(19)20)8-24-12-9(14(21)23-4)6-5-7-10(12)17/h5-7,11H,8,17H2,1-4H3,(H,18,22)(H,19,20)/t11-/m0/s1. The van der Waals surface area contributed by atoms with Gasteiger partial charge in [-0.15, -0.1) is 0 Å². The number of hydrogen-bond donors (Lipinski definition) is 3. The summed E-state index contributed by atoms with van der Waals surface area (Å²) in [4.78, 5) is 34.8. The Morgan fingerprint density at radius 2 is 1.92 bits per heavy atom. The molecule has 0 aliphatic carbocycles.